The minimum atomic E-state index is -0.582. The maximum atomic E-state index is 9.28. The highest BCUT2D eigenvalue weighted by Gasteiger charge is 2.25. The van der Waals surface area contributed by atoms with E-state index in [-0.39, 0.29) is 33.4 Å². The van der Waals surface area contributed by atoms with Crippen LogP contribution in [0.25, 0.3) is 105 Å². The maximum absolute atomic E-state index is 9.28. The lowest BCUT2D eigenvalue weighted by atomic mass is 9.86. The molecule has 9 aromatic carbocycles. The predicted octanol–water partition coefficient (Wildman–Crippen LogP) is 17.5. The Morgan fingerprint density at radius 3 is 1.96 bits per heavy atom. The van der Waals surface area contributed by atoms with Crippen LogP contribution in [0, 0.1) is 6.33 Å². The van der Waals surface area contributed by atoms with Gasteiger partial charge in [-0.15, -0.1) is 0 Å². The third kappa shape index (κ3) is 7.82. The second kappa shape index (κ2) is 17.3. The molecule has 0 radical (unpaired) electrons. The molecule has 6 nitrogen and oxygen atoms in total. The van der Waals surface area contributed by atoms with Gasteiger partial charge in [-0.1, -0.05) is 175 Å². The van der Waals surface area contributed by atoms with Gasteiger partial charge in [0, 0.05) is 33.8 Å². The van der Waals surface area contributed by atoms with Crippen LogP contribution in [0.1, 0.15) is 66.4 Å². The average molecular weight is 969 g/mol. The van der Waals surface area contributed by atoms with Gasteiger partial charge in [0.1, 0.15) is 28.5 Å². The Bertz CT molecular complexity index is 4770. The minimum absolute atomic E-state index is 0.130. The number of benzene rings is 9. The molecule has 13 aromatic rings. The van der Waals surface area contributed by atoms with E-state index in [4.69, 9.17) is 22.4 Å². The van der Waals surface area contributed by atoms with Gasteiger partial charge in [0.25, 0.3) is 6.33 Å². The number of pyridine rings is 1. The highest BCUT2D eigenvalue weighted by atomic mass is 16.5. The maximum Gasteiger partial charge on any atom is 0.269 e. The van der Waals surface area contributed by atoms with Gasteiger partial charge in [-0.3, -0.25) is 13.7 Å². The zero-order chi connectivity index (χ0) is 59.0. The van der Waals surface area contributed by atoms with Gasteiger partial charge in [0.05, 0.1) is 47.1 Å². The highest BCUT2D eigenvalue weighted by Crippen LogP contribution is 2.41. The monoisotopic (exact) mass is 968 g/mol. The van der Waals surface area contributed by atoms with E-state index in [2.05, 4.69) is 101 Å². The van der Waals surface area contributed by atoms with Crippen molar-refractivity contribution in [1.82, 2.24) is 14.1 Å². The first-order valence-electron chi connectivity index (χ1n) is 29.6. The first-order chi connectivity index (χ1) is 40.1. The molecule has 0 unspecified atom stereocenters. The van der Waals surface area contributed by atoms with Crippen LogP contribution >= 0.6 is 0 Å². The quantitative estimate of drug-likeness (QED) is 0.113. The lowest BCUT2D eigenvalue weighted by Crippen LogP contribution is -2.31. The summed E-state index contributed by atoms with van der Waals surface area (Å²) in [4.78, 5) is 4.96. The molecule has 0 bridgehead atoms. The first-order valence-corrected chi connectivity index (χ1v) is 24.6. The Morgan fingerprint density at radius 1 is 0.514 bits per heavy atom. The van der Waals surface area contributed by atoms with Crippen molar-refractivity contribution in [2.24, 2.45) is 0 Å². The van der Waals surface area contributed by atoms with Crippen LogP contribution in [-0.4, -0.2) is 14.1 Å². The fraction of sp³-hybridized carbons (Fsp3) is 0.118. The molecule has 0 aliphatic rings. The summed E-state index contributed by atoms with van der Waals surface area (Å²) in [6.45, 7) is 12.9. The number of hydrogen-bond donors (Lipinski definition) is 0. The molecule has 4 aromatic heterocycles. The number of para-hydroxylation sites is 2. The number of nitrogens with zero attached hydrogens (tertiary/aromatic N) is 4. The fourth-order valence-corrected chi connectivity index (χ4v) is 10.1. The summed E-state index contributed by atoms with van der Waals surface area (Å²) in [7, 11) is 0. The summed E-state index contributed by atoms with van der Waals surface area (Å²) in [5.41, 5.74) is 8.52. The van der Waals surface area contributed by atoms with Crippen molar-refractivity contribution in [3.63, 3.8) is 0 Å². The van der Waals surface area contributed by atoms with Gasteiger partial charge in [0.2, 0.25) is 0 Å². The second-order valence-electron chi connectivity index (χ2n) is 20.7. The van der Waals surface area contributed by atoms with Crippen LogP contribution in [0.4, 0.5) is 0 Å². The molecular weight excluding hydrogens is 905 g/mol. The molecule has 0 saturated carbocycles. The number of fused-ring (bicyclic) bond motifs is 7. The number of rotatable bonds is 8. The summed E-state index contributed by atoms with van der Waals surface area (Å²) in [6, 6.07) is 44.1. The lowest BCUT2D eigenvalue weighted by molar-refractivity contribution is -0.571. The molecule has 4 heterocycles. The minimum Gasteiger partial charge on any atom is -0.458 e. The van der Waals surface area contributed by atoms with Crippen molar-refractivity contribution in [2.45, 2.75) is 52.4 Å². The number of ether oxygens (including phenoxy) is 1. The zero-order valence-corrected chi connectivity index (χ0v) is 41.6. The van der Waals surface area contributed by atoms with Crippen LogP contribution in [-0.2, 0) is 10.8 Å². The average Bonchev–Trinajstić information content (AvgIpc) is 2.17. The van der Waals surface area contributed by atoms with Crippen LogP contribution in [0.2, 0.25) is 0 Å². The van der Waals surface area contributed by atoms with Gasteiger partial charge in [-0.05, 0) is 128 Å². The molecule has 0 N–H and O–H groups in total. The molecule has 358 valence electrons. The largest absolute Gasteiger partial charge is 0.458 e. The second-order valence-corrected chi connectivity index (χ2v) is 20.7. The van der Waals surface area contributed by atoms with Gasteiger partial charge in [-0.2, -0.15) is 0 Å². The summed E-state index contributed by atoms with van der Waals surface area (Å²) < 4.78 is 109. The van der Waals surface area contributed by atoms with Crippen LogP contribution in [0.5, 0.6) is 11.5 Å². The van der Waals surface area contributed by atoms with Gasteiger partial charge in [-0.25, -0.2) is 4.98 Å². The topological polar surface area (TPSA) is 49.0 Å². The van der Waals surface area contributed by atoms with Crippen molar-refractivity contribution >= 4 is 54.8 Å². The Balaban J connectivity index is 1.07. The number of hydrogen-bond acceptors (Lipinski definition) is 3. The Labute approximate surface area is 445 Å². The van der Waals surface area contributed by atoms with Crippen molar-refractivity contribution < 1.29 is 27.4 Å². The predicted molar refractivity (Wildman–Crippen MR) is 303 cm³/mol. The molecule has 0 aliphatic heterocycles. The van der Waals surface area contributed by atoms with Crippen LogP contribution < -0.4 is 9.30 Å². The Morgan fingerprint density at radius 2 is 1.23 bits per heavy atom. The summed E-state index contributed by atoms with van der Waals surface area (Å²) in [6.07, 6.45) is 5.46. The number of furan rings is 1. The van der Waals surface area contributed by atoms with Gasteiger partial charge in [0.15, 0.2) is 0 Å². The Hall–Kier alpha value is -9.00. The zero-order valence-electron chi connectivity index (χ0n) is 51.6. The van der Waals surface area contributed by atoms with Crippen LogP contribution in [0.15, 0.2) is 223 Å². The smallest absolute Gasteiger partial charge is 0.269 e. The van der Waals surface area contributed by atoms with Crippen molar-refractivity contribution in [3.8, 4) is 62.1 Å². The number of aromatic nitrogens is 4. The van der Waals surface area contributed by atoms with E-state index in [1.165, 1.54) is 0 Å². The first kappa shape index (κ1) is 35.2. The van der Waals surface area contributed by atoms with E-state index in [9.17, 15) is 5.48 Å². The molecule has 6 heteroatoms. The molecule has 13 rings (SSSR count). The lowest BCUT2D eigenvalue weighted by Gasteiger charge is -2.22. The molecule has 0 atom stereocenters. The van der Waals surface area contributed by atoms with Crippen LogP contribution in [0.3, 0.4) is 0 Å². The molecule has 0 saturated heterocycles. The SMILES string of the molecule is [2H]c1c([2H])c([2H])c(-c2cccc(-c3c([2H])c([2H])c([2H])c([2H])c3[2H])c2-[n+]2[c-]n(-c3cc(Oc4ccc5c6cc(-c7ccccc7)ccc6n(-c6cc(C(C)(C)C)ccn6)c5c4)cc(C(C)(C)C)c3)c3cc4oc5ccccc5c4cc32)c([2H])c1[2H]. The third-order valence-corrected chi connectivity index (χ3v) is 13.9. The Kier molecular flexibility index (Phi) is 8.25. The molecule has 0 amide bonds. The molecular formula is C68H54N4O2. The van der Waals surface area contributed by atoms with E-state index >= 15 is 0 Å². The van der Waals surface area contributed by atoms with Crippen molar-refractivity contribution in [1.29, 1.82) is 0 Å². The third-order valence-electron chi connectivity index (χ3n) is 13.9. The molecule has 74 heavy (non-hydrogen) atoms. The van der Waals surface area contributed by atoms with Crippen molar-refractivity contribution in [2.75, 3.05) is 0 Å². The van der Waals surface area contributed by atoms with E-state index in [0.29, 0.717) is 39.4 Å². The standard InChI is InChI=1S/C68H54N4O2/c1-67(2,3)48-33-34-69-65(38-48)72-59-32-29-47(44-19-10-7-11-20-44)35-57(59)55-31-30-51(40-60(55)72)73-52-37-49(68(4,5)6)36-50(39-52)70-43-71(61-41-58-56-25-16-17-28-63(56)74-64(58)42-62(61)70)66-53(45-21-12-8-13-22-45)26-18-27-54(66)46-23-14-9-15-24-46/h7-42H,1-6H3/i8D,9D,12D,13D,14D,15D,21D,22D,23D,24D. The fourth-order valence-electron chi connectivity index (χ4n) is 10.1. The molecule has 0 aliphatic carbocycles. The van der Waals surface area contributed by atoms with Crippen molar-refractivity contribution in [3.05, 3.63) is 236 Å². The highest BCUT2D eigenvalue weighted by molar-refractivity contribution is 6.11. The normalized spacial score (nSPS) is 14.1. The summed E-state index contributed by atoms with van der Waals surface area (Å²) in [5.74, 6) is 1.84. The van der Waals surface area contributed by atoms with E-state index in [0.717, 1.165) is 60.6 Å². The molecule has 0 spiro atoms. The summed E-state index contributed by atoms with van der Waals surface area (Å²) >= 11 is 0. The van der Waals surface area contributed by atoms with E-state index in [1.54, 1.807) is 22.8 Å². The van der Waals surface area contributed by atoms with E-state index in [1.807, 2.05) is 95.7 Å². The molecule has 0 fully saturated rings. The number of imidazole rings is 1. The van der Waals surface area contributed by atoms with Gasteiger partial charge < -0.3 is 9.15 Å². The van der Waals surface area contributed by atoms with Gasteiger partial charge >= 0.3 is 0 Å². The van der Waals surface area contributed by atoms with E-state index < -0.39 is 65.8 Å². The summed E-state index contributed by atoms with van der Waals surface area (Å²) in [5, 5.41) is 3.63.